The van der Waals surface area contributed by atoms with E-state index in [9.17, 15) is 14.9 Å². The molecule has 0 bridgehead atoms. The van der Waals surface area contributed by atoms with Crippen molar-refractivity contribution < 1.29 is 19.2 Å². The molecule has 2 aromatic rings. The van der Waals surface area contributed by atoms with Gasteiger partial charge >= 0.3 is 17.9 Å². The van der Waals surface area contributed by atoms with Crippen LogP contribution in [0, 0.1) is 10.1 Å². The summed E-state index contributed by atoms with van der Waals surface area (Å²) < 4.78 is 11.0. The summed E-state index contributed by atoms with van der Waals surface area (Å²) >= 11 is 0. The van der Waals surface area contributed by atoms with E-state index in [4.69, 9.17) is 4.74 Å². The molecule has 0 unspecified atom stereocenters. The predicted octanol–water partition coefficient (Wildman–Crippen LogP) is 1.30. The third kappa shape index (κ3) is 2.71. The Kier molecular flexibility index (Phi) is 3.60. The maximum atomic E-state index is 11.3. The average Bonchev–Trinajstić information content (AvgIpc) is 2.80. The van der Waals surface area contributed by atoms with Gasteiger partial charge in [-0.3, -0.25) is 0 Å². The van der Waals surface area contributed by atoms with Crippen LogP contribution in [0.1, 0.15) is 10.4 Å². The normalized spacial score (nSPS) is 10.1. The topological polar surface area (TPSA) is 109 Å². The Bertz CT molecular complexity index is 649. The second kappa shape index (κ2) is 5.34. The molecule has 0 radical (unpaired) electrons. The molecule has 0 aliphatic carbocycles. The van der Waals surface area contributed by atoms with Crippen molar-refractivity contribution in [2.45, 2.75) is 0 Å². The Morgan fingerprint density at radius 1 is 1.35 bits per heavy atom. The van der Waals surface area contributed by atoms with Gasteiger partial charge in [-0.25, -0.2) is 4.79 Å². The highest BCUT2D eigenvalue weighted by atomic mass is 16.6. The summed E-state index contributed by atoms with van der Waals surface area (Å²) in [5.74, 6) is -0.650. The molecule has 9 heteroatoms. The van der Waals surface area contributed by atoms with Crippen molar-refractivity contribution in [3.63, 3.8) is 0 Å². The van der Waals surface area contributed by atoms with Gasteiger partial charge in [-0.2, -0.15) is 0 Å². The van der Waals surface area contributed by atoms with Crippen LogP contribution in [0.5, 0.6) is 11.8 Å². The van der Waals surface area contributed by atoms with Crippen molar-refractivity contribution in [1.82, 2.24) is 14.8 Å². The lowest BCUT2D eigenvalue weighted by molar-refractivity contribution is -0.394. The van der Waals surface area contributed by atoms with E-state index < -0.39 is 16.8 Å². The second-order valence-electron chi connectivity index (χ2n) is 3.69. The number of ether oxygens (including phenoxy) is 2. The van der Waals surface area contributed by atoms with Gasteiger partial charge in [0.1, 0.15) is 5.75 Å². The van der Waals surface area contributed by atoms with Crippen molar-refractivity contribution in [1.29, 1.82) is 0 Å². The summed E-state index contributed by atoms with van der Waals surface area (Å²) in [6, 6.07) is 6.03. The van der Waals surface area contributed by atoms with Crippen molar-refractivity contribution in [2.24, 2.45) is 7.05 Å². The van der Waals surface area contributed by atoms with Crippen LogP contribution in [-0.4, -0.2) is 32.8 Å². The van der Waals surface area contributed by atoms with E-state index in [1.165, 1.54) is 38.4 Å². The Labute approximate surface area is 112 Å². The molecule has 1 heterocycles. The Morgan fingerprint density at radius 2 is 2.00 bits per heavy atom. The second-order valence-corrected chi connectivity index (χ2v) is 3.69. The number of esters is 1. The van der Waals surface area contributed by atoms with Gasteiger partial charge in [0.25, 0.3) is 0 Å². The zero-order valence-electron chi connectivity index (χ0n) is 10.6. The third-order valence-corrected chi connectivity index (χ3v) is 2.36. The van der Waals surface area contributed by atoms with Crippen LogP contribution in [0.3, 0.4) is 0 Å². The number of methoxy groups -OCH3 is 1. The van der Waals surface area contributed by atoms with Gasteiger partial charge in [-0.15, -0.1) is 4.68 Å². The van der Waals surface area contributed by atoms with Gasteiger partial charge in [0, 0.05) is 5.10 Å². The van der Waals surface area contributed by atoms with Crippen LogP contribution >= 0.6 is 0 Å². The summed E-state index contributed by atoms with van der Waals surface area (Å²) in [5.41, 5.74) is 0.365. The van der Waals surface area contributed by atoms with Gasteiger partial charge in [0.05, 0.1) is 19.7 Å². The van der Waals surface area contributed by atoms with Crippen LogP contribution < -0.4 is 4.74 Å². The molecule has 0 saturated heterocycles. The molecule has 20 heavy (non-hydrogen) atoms. The predicted molar refractivity (Wildman–Crippen MR) is 65.5 cm³/mol. The van der Waals surface area contributed by atoms with E-state index in [1.807, 2.05) is 0 Å². The van der Waals surface area contributed by atoms with E-state index in [-0.39, 0.29) is 6.01 Å². The number of rotatable bonds is 4. The summed E-state index contributed by atoms with van der Waals surface area (Å²) in [6.45, 7) is 0. The molecule has 9 nitrogen and oxygen atoms in total. The number of nitro groups is 1. The van der Waals surface area contributed by atoms with Crippen molar-refractivity contribution >= 4 is 11.9 Å². The number of hydrogen-bond acceptors (Lipinski definition) is 7. The molecule has 1 aromatic heterocycles. The fraction of sp³-hybridized carbons (Fsp3) is 0.182. The van der Waals surface area contributed by atoms with Gasteiger partial charge in [-0.05, 0) is 34.2 Å². The summed E-state index contributed by atoms with van der Waals surface area (Å²) in [6.07, 6.45) is 0. The minimum Gasteiger partial charge on any atom is -0.465 e. The maximum absolute atomic E-state index is 11.3. The first-order valence-corrected chi connectivity index (χ1v) is 5.43. The molecule has 0 saturated carbocycles. The number of carbonyl (C=O) groups is 1. The number of nitrogens with zero attached hydrogens (tertiary/aromatic N) is 4. The van der Waals surface area contributed by atoms with E-state index >= 15 is 0 Å². The minimum absolute atomic E-state index is 0.0254. The van der Waals surface area contributed by atoms with Gasteiger partial charge in [0.15, 0.2) is 0 Å². The molecule has 0 spiro atoms. The minimum atomic E-state index is -0.715. The first kappa shape index (κ1) is 13.5. The first-order chi connectivity index (χ1) is 9.51. The highest BCUT2D eigenvalue weighted by Gasteiger charge is 2.21. The highest BCUT2D eigenvalue weighted by molar-refractivity contribution is 5.89. The first-order valence-electron chi connectivity index (χ1n) is 5.43. The zero-order chi connectivity index (χ0) is 14.7. The van der Waals surface area contributed by atoms with Crippen molar-refractivity contribution in [3.05, 3.63) is 39.9 Å². The number of aromatic nitrogens is 3. The Hall–Kier alpha value is -2.97. The molecule has 0 aliphatic heterocycles. The molecule has 1 aromatic carbocycles. The molecule has 0 N–H and O–H groups in total. The summed E-state index contributed by atoms with van der Waals surface area (Å²) in [7, 11) is 2.75. The Morgan fingerprint density at radius 3 is 2.50 bits per heavy atom. The van der Waals surface area contributed by atoms with E-state index in [1.54, 1.807) is 0 Å². The Balaban J connectivity index is 2.18. The molecular weight excluding hydrogens is 268 g/mol. The lowest BCUT2D eigenvalue weighted by Gasteiger charge is -2.02. The summed E-state index contributed by atoms with van der Waals surface area (Å²) in [4.78, 5) is 24.7. The SMILES string of the molecule is COC(=O)c1ccc(Oc2nc([N+](=O)[O-])nn2C)cc1. The fourth-order valence-corrected chi connectivity index (χ4v) is 1.41. The maximum Gasteiger partial charge on any atom is 0.494 e. The smallest absolute Gasteiger partial charge is 0.465 e. The largest absolute Gasteiger partial charge is 0.494 e. The van der Waals surface area contributed by atoms with E-state index in [0.29, 0.717) is 11.3 Å². The molecule has 0 amide bonds. The van der Waals surface area contributed by atoms with Crippen molar-refractivity contribution in [3.8, 4) is 11.8 Å². The van der Waals surface area contributed by atoms with Crippen LogP contribution in [0.2, 0.25) is 0 Å². The molecular formula is C11H10N4O5. The standard InChI is InChI=1S/C11H10N4O5/c1-14-11(12-10(13-14)15(17)18)20-8-5-3-7(4-6-8)9(16)19-2/h3-6H,1-2H3. The number of hydrogen-bond donors (Lipinski definition) is 0. The van der Waals surface area contributed by atoms with Gasteiger partial charge in [-0.1, -0.05) is 0 Å². The average molecular weight is 278 g/mol. The van der Waals surface area contributed by atoms with E-state index in [0.717, 1.165) is 4.68 Å². The molecule has 2 rings (SSSR count). The van der Waals surface area contributed by atoms with Crippen LogP contribution in [0.4, 0.5) is 5.95 Å². The van der Waals surface area contributed by atoms with E-state index in [2.05, 4.69) is 14.8 Å². The lowest BCUT2D eigenvalue weighted by Crippen LogP contribution is -2.01. The number of aryl methyl sites for hydroxylation is 1. The van der Waals surface area contributed by atoms with Gasteiger partial charge < -0.3 is 19.6 Å². The van der Waals surface area contributed by atoms with Crippen molar-refractivity contribution in [2.75, 3.05) is 7.11 Å². The molecule has 0 fully saturated rings. The van der Waals surface area contributed by atoms with Crippen LogP contribution in [0.25, 0.3) is 0 Å². The quantitative estimate of drug-likeness (QED) is 0.471. The number of benzene rings is 1. The van der Waals surface area contributed by atoms with Gasteiger partial charge in [0.2, 0.25) is 0 Å². The fourth-order valence-electron chi connectivity index (χ4n) is 1.41. The van der Waals surface area contributed by atoms with Crippen LogP contribution in [0.15, 0.2) is 24.3 Å². The lowest BCUT2D eigenvalue weighted by atomic mass is 10.2. The van der Waals surface area contributed by atoms with Crippen LogP contribution in [-0.2, 0) is 11.8 Å². The highest BCUT2D eigenvalue weighted by Crippen LogP contribution is 2.21. The molecule has 104 valence electrons. The zero-order valence-corrected chi connectivity index (χ0v) is 10.6. The third-order valence-electron chi connectivity index (χ3n) is 2.36. The summed E-state index contributed by atoms with van der Waals surface area (Å²) in [5, 5.41) is 14.1. The monoisotopic (exact) mass is 278 g/mol. The number of carbonyl (C=O) groups excluding carboxylic acids is 1. The molecule has 0 atom stereocenters. The molecule has 0 aliphatic rings.